The maximum absolute atomic E-state index is 13.4. The van der Waals surface area contributed by atoms with Gasteiger partial charge in [0.15, 0.2) is 11.5 Å². The van der Waals surface area contributed by atoms with Crippen molar-refractivity contribution in [1.29, 1.82) is 0 Å². The molecular formula is C20H18ClF3N2O3. The fraction of sp³-hybridized carbons (Fsp3) is 0.250. The first-order chi connectivity index (χ1) is 13.6. The van der Waals surface area contributed by atoms with Crippen LogP contribution < -0.4 is 19.7 Å². The molecule has 1 amide bonds. The number of amides is 1. The average Bonchev–Trinajstić information content (AvgIpc) is 2.66. The van der Waals surface area contributed by atoms with Crippen molar-refractivity contribution in [2.75, 3.05) is 37.5 Å². The summed E-state index contributed by atoms with van der Waals surface area (Å²) in [6.07, 6.45) is -2.05. The first kappa shape index (κ1) is 20.9. The van der Waals surface area contributed by atoms with Gasteiger partial charge in [-0.05, 0) is 42.0 Å². The van der Waals surface area contributed by atoms with Crippen molar-refractivity contribution < 1.29 is 27.4 Å². The number of carbonyl (C=O) groups excluding carboxylic acids is 1. The number of hydrogen-bond donors (Lipinski definition) is 1. The normalized spacial score (nSPS) is 13.4. The van der Waals surface area contributed by atoms with E-state index in [0.29, 0.717) is 41.0 Å². The third-order valence-electron chi connectivity index (χ3n) is 4.13. The number of rotatable bonds is 4. The summed E-state index contributed by atoms with van der Waals surface area (Å²) in [7, 11) is 3.27. The standard InChI is InChI=1S/C20H18ClF3N2O3/c1-26(2)13-4-5-16(14(11-13)20(22,23)24)25-18(27)6-3-12-9-15(21)19-17(10-12)28-7-8-29-19/h3-6,9-11H,7-8H2,1-2H3,(H,25,27)/b6-3+. The molecule has 0 unspecified atom stereocenters. The number of halogens is 4. The van der Waals surface area contributed by atoms with Gasteiger partial charge in [-0.1, -0.05) is 11.6 Å². The molecule has 2 aromatic carbocycles. The molecule has 0 atom stereocenters. The van der Waals surface area contributed by atoms with E-state index in [-0.39, 0.29) is 5.69 Å². The Balaban J connectivity index is 1.80. The van der Waals surface area contributed by atoms with E-state index in [0.717, 1.165) is 12.1 Å². The van der Waals surface area contributed by atoms with Gasteiger partial charge in [0.05, 0.1) is 16.3 Å². The van der Waals surface area contributed by atoms with E-state index in [9.17, 15) is 18.0 Å². The van der Waals surface area contributed by atoms with Gasteiger partial charge in [0.2, 0.25) is 5.91 Å². The molecular weight excluding hydrogens is 409 g/mol. The molecule has 1 N–H and O–H groups in total. The van der Waals surface area contributed by atoms with Crippen molar-refractivity contribution in [3.63, 3.8) is 0 Å². The molecule has 29 heavy (non-hydrogen) atoms. The van der Waals surface area contributed by atoms with Gasteiger partial charge in [0.1, 0.15) is 13.2 Å². The second kappa shape index (κ2) is 8.24. The molecule has 1 aliphatic heterocycles. The summed E-state index contributed by atoms with van der Waals surface area (Å²) in [5.41, 5.74) is -0.323. The van der Waals surface area contributed by atoms with Crippen LogP contribution in [0.3, 0.4) is 0 Å². The van der Waals surface area contributed by atoms with E-state index in [2.05, 4.69) is 5.32 Å². The van der Waals surface area contributed by atoms with Crippen LogP contribution in [0.1, 0.15) is 11.1 Å². The van der Waals surface area contributed by atoms with Crippen molar-refractivity contribution in [1.82, 2.24) is 0 Å². The fourth-order valence-electron chi connectivity index (χ4n) is 2.73. The van der Waals surface area contributed by atoms with E-state index in [1.165, 1.54) is 18.2 Å². The van der Waals surface area contributed by atoms with Crippen LogP contribution in [0.25, 0.3) is 6.08 Å². The van der Waals surface area contributed by atoms with Crippen molar-refractivity contribution in [3.05, 3.63) is 52.6 Å². The minimum absolute atomic E-state index is 0.320. The predicted molar refractivity (Wildman–Crippen MR) is 106 cm³/mol. The lowest BCUT2D eigenvalue weighted by atomic mass is 10.1. The Kier molecular flexibility index (Phi) is 5.93. The lowest BCUT2D eigenvalue weighted by Gasteiger charge is -2.19. The van der Waals surface area contributed by atoms with Gasteiger partial charge in [0, 0.05) is 25.9 Å². The molecule has 0 radical (unpaired) electrons. The van der Waals surface area contributed by atoms with Crippen LogP contribution in [0.2, 0.25) is 5.02 Å². The Labute approximate surface area is 170 Å². The zero-order valence-electron chi connectivity index (χ0n) is 15.6. The quantitative estimate of drug-likeness (QED) is 0.710. The number of nitrogens with one attached hydrogen (secondary N) is 1. The molecule has 3 rings (SSSR count). The van der Waals surface area contributed by atoms with Gasteiger partial charge < -0.3 is 19.7 Å². The van der Waals surface area contributed by atoms with Crippen LogP contribution in [0.15, 0.2) is 36.4 Å². The SMILES string of the molecule is CN(C)c1ccc(NC(=O)/C=C/c2cc(Cl)c3c(c2)OCCO3)c(C(F)(F)F)c1. The molecule has 0 spiro atoms. The Bertz CT molecular complexity index is 959. The molecule has 0 aliphatic carbocycles. The number of fused-ring (bicyclic) bond motifs is 1. The average molecular weight is 427 g/mol. The van der Waals surface area contributed by atoms with Crippen LogP contribution in [0.4, 0.5) is 24.5 Å². The minimum Gasteiger partial charge on any atom is -0.486 e. The predicted octanol–water partition coefficient (Wildman–Crippen LogP) is 4.85. The van der Waals surface area contributed by atoms with E-state index in [1.54, 1.807) is 31.1 Å². The van der Waals surface area contributed by atoms with Gasteiger partial charge in [-0.2, -0.15) is 13.2 Å². The molecule has 1 aliphatic rings. The number of hydrogen-bond acceptors (Lipinski definition) is 4. The molecule has 2 aromatic rings. The maximum Gasteiger partial charge on any atom is 0.418 e. The number of anilines is 2. The third kappa shape index (κ3) is 4.95. The highest BCUT2D eigenvalue weighted by Crippen LogP contribution is 2.39. The maximum atomic E-state index is 13.4. The van der Waals surface area contributed by atoms with Crippen LogP contribution >= 0.6 is 11.6 Å². The molecule has 5 nitrogen and oxygen atoms in total. The second-order valence-corrected chi connectivity index (χ2v) is 6.88. The number of carbonyl (C=O) groups is 1. The number of ether oxygens (including phenoxy) is 2. The summed E-state index contributed by atoms with van der Waals surface area (Å²) in [5, 5.41) is 2.60. The van der Waals surface area contributed by atoms with Crippen LogP contribution in [-0.2, 0) is 11.0 Å². The first-order valence-corrected chi connectivity index (χ1v) is 9.00. The van der Waals surface area contributed by atoms with Crippen LogP contribution in [-0.4, -0.2) is 33.2 Å². The lowest BCUT2D eigenvalue weighted by molar-refractivity contribution is -0.136. The van der Waals surface area contributed by atoms with Crippen molar-refractivity contribution in [3.8, 4) is 11.5 Å². The monoisotopic (exact) mass is 426 g/mol. The molecule has 9 heteroatoms. The van der Waals surface area contributed by atoms with E-state index >= 15 is 0 Å². The van der Waals surface area contributed by atoms with Crippen molar-refractivity contribution >= 4 is 35.0 Å². The summed E-state index contributed by atoms with van der Waals surface area (Å²) >= 11 is 6.14. The summed E-state index contributed by atoms with van der Waals surface area (Å²) in [6.45, 7) is 0.763. The second-order valence-electron chi connectivity index (χ2n) is 6.47. The fourth-order valence-corrected chi connectivity index (χ4v) is 3.00. The molecule has 154 valence electrons. The molecule has 0 bridgehead atoms. The molecule has 0 fully saturated rings. The van der Waals surface area contributed by atoms with E-state index in [1.807, 2.05) is 0 Å². The van der Waals surface area contributed by atoms with Crippen molar-refractivity contribution in [2.24, 2.45) is 0 Å². The smallest absolute Gasteiger partial charge is 0.418 e. The summed E-state index contributed by atoms with van der Waals surface area (Å²) < 4.78 is 51.0. The topological polar surface area (TPSA) is 50.8 Å². The number of benzene rings is 2. The van der Waals surface area contributed by atoms with Gasteiger partial charge in [-0.25, -0.2) is 0 Å². The minimum atomic E-state index is -4.61. The van der Waals surface area contributed by atoms with Gasteiger partial charge in [-0.15, -0.1) is 0 Å². The van der Waals surface area contributed by atoms with E-state index in [4.69, 9.17) is 21.1 Å². The van der Waals surface area contributed by atoms with Gasteiger partial charge in [0.25, 0.3) is 0 Å². The zero-order chi connectivity index (χ0) is 21.2. The Morgan fingerprint density at radius 3 is 2.59 bits per heavy atom. The third-order valence-corrected chi connectivity index (χ3v) is 4.41. The summed E-state index contributed by atoms with van der Waals surface area (Å²) in [4.78, 5) is 13.7. The summed E-state index contributed by atoms with van der Waals surface area (Å²) in [6, 6.07) is 6.92. The highest BCUT2D eigenvalue weighted by molar-refractivity contribution is 6.32. The Hall–Kier alpha value is -2.87. The first-order valence-electron chi connectivity index (χ1n) is 8.62. The largest absolute Gasteiger partial charge is 0.486 e. The van der Waals surface area contributed by atoms with Crippen molar-refractivity contribution in [2.45, 2.75) is 6.18 Å². The number of nitrogens with zero attached hydrogens (tertiary/aromatic N) is 1. The van der Waals surface area contributed by atoms with Crippen LogP contribution in [0.5, 0.6) is 11.5 Å². The highest BCUT2D eigenvalue weighted by atomic mass is 35.5. The number of alkyl halides is 3. The molecule has 0 saturated carbocycles. The Morgan fingerprint density at radius 1 is 1.17 bits per heavy atom. The van der Waals surface area contributed by atoms with E-state index < -0.39 is 17.6 Å². The summed E-state index contributed by atoms with van der Waals surface area (Å²) in [5.74, 6) is 0.164. The van der Waals surface area contributed by atoms with Gasteiger partial charge in [-0.3, -0.25) is 4.79 Å². The Morgan fingerprint density at radius 2 is 1.90 bits per heavy atom. The molecule has 1 heterocycles. The van der Waals surface area contributed by atoms with Crippen LogP contribution in [0, 0.1) is 0 Å². The zero-order valence-corrected chi connectivity index (χ0v) is 16.4. The highest BCUT2D eigenvalue weighted by Gasteiger charge is 2.34. The lowest BCUT2D eigenvalue weighted by Crippen LogP contribution is -2.17. The molecule has 0 saturated heterocycles. The van der Waals surface area contributed by atoms with Gasteiger partial charge >= 0.3 is 6.18 Å². The molecule has 0 aromatic heterocycles.